The van der Waals surface area contributed by atoms with Crippen LogP contribution >= 0.6 is 0 Å². The van der Waals surface area contributed by atoms with Gasteiger partial charge in [0.1, 0.15) is 6.10 Å². The molecule has 0 saturated heterocycles. The molecular formula is C13H14O2. The molecule has 1 aliphatic rings. The molecule has 1 aromatic rings. The first kappa shape index (κ1) is 9.99. The van der Waals surface area contributed by atoms with Gasteiger partial charge in [-0.2, -0.15) is 0 Å². The highest BCUT2D eigenvalue weighted by molar-refractivity contribution is 5.49. The molecule has 78 valence electrons. The maximum Gasteiger partial charge on any atom is 0.119 e. The van der Waals surface area contributed by atoms with E-state index in [1.807, 2.05) is 42.5 Å². The van der Waals surface area contributed by atoms with Crippen LogP contribution in [0.1, 0.15) is 12.0 Å². The van der Waals surface area contributed by atoms with Crippen LogP contribution in [-0.4, -0.2) is 17.3 Å². The second-order valence-corrected chi connectivity index (χ2v) is 3.58. The van der Waals surface area contributed by atoms with Gasteiger partial charge in [-0.1, -0.05) is 36.4 Å². The molecule has 2 heteroatoms. The molecule has 0 radical (unpaired) electrons. The van der Waals surface area contributed by atoms with Crippen molar-refractivity contribution in [2.45, 2.75) is 18.6 Å². The standard InChI is InChI=1S/C13H14O2/c14-12-8-9-15-13(10-12)7-6-11-4-2-1-3-5-11/h1-9,12-14H,10H2. The van der Waals surface area contributed by atoms with Gasteiger partial charge in [-0.15, -0.1) is 0 Å². The number of aliphatic hydroxyl groups excluding tert-OH is 1. The fraction of sp³-hybridized carbons (Fsp3) is 0.231. The van der Waals surface area contributed by atoms with E-state index in [9.17, 15) is 5.11 Å². The molecule has 0 amide bonds. The first-order chi connectivity index (χ1) is 7.34. The van der Waals surface area contributed by atoms with Gasteiger partial charge in [0.2, 0.25) is 0 Å². The van der Waals surface area contributed by atoms with Crippen LogP contribution in [0.3, 0.4) is 0 Å². The Labute approximate surface area is 89.5 Å². The van der Waals surface area contributed by atoms with Gasteiger partial charge in [0, 0.05) is 6.42 Å². The predicted octanol–water partition coefficient (Wildman–Crippen LogP) is 2.36. The van der Waals surface area contributed by atoms with Crippen LogP contribution in [0.15, 0.2) is 48.7 Å². The number of rotatable bonds is 2. The van der Waals surface area contributed by atoms with Crippen molar-refractivity contribution in [1.29, 1.82) is 0 Å². The average molecular weight is 202 g/mol. The summed E-state index contributed by atoms with van der Waals surface area (Å²) < 4.78 is 5.34. The van der Waals surface area contributed by atoms with Crippen LogP contribution in [0, 0.1) is 0 Å². The zero-order valence-electron chi connectivity index (χ0n) is 8.41. The smallest absolute Gasteiger partial charge is 0.119 e. The molecule has 1 heterocycles. The molecule has 0 saturated carbocycles. The van der Waals surface area contributed by atoms with Crippen molar-refractivity contribution < 1.29 is 9.84 Å². The highest BCUT2D eigenvalue weighted by atomic mass is 16.5. The van der Waals surface area contributed by atoms with Crippen molar-refractivity contribution in [2.75, 3.05) is 0 Å². The largest absolute Gasteiger partial charge is 0.494 e. The molecule has 0 fully saturated rings. The predicted molar refractivity (Wildman–Crippen MR) is 60.1 cm³/mol. The molecule has 2 unspecified atom stereocenters. The zero-order chi connectivity index (χ0) is 10.5. The monoisotopic (exact) mass is 202 g/mol. The number of ether oxygens (including phenoxy) is 1. The highest BCUT2D eigenvalue weighted by Crippen LogP contribution is 2.13. The third-order valence-electron chi connectivity index (χ3n) is 2.33. The van der Waals surface area contributed by atoms with Gasteiger partial charge in [-0.3, -0.25) is 0 Å². The number of aliphatic hydroxyl groups is 1. The molecule has 0 bridgehead atoms. The Morgan fingerprint density at radius 3 is 2.80 bits per heavy atom. The van der Waals surface area contributed by atoms with E-state index in [1.54, 1.807) is 12.3 Å². The van der Waals surface area contributed by atoms with E-state index in [4.69, 9.17) is 4.74 Å². The van der Waals surface area contributed by atoms with Gasteiger partial charge < -0.3 is 9.84 Å². The first-order valence-electron chi connectivity index (χ1n) is 5.08. The second kappa shape index (κ2) is 4.80. The lowest BCUT2D eigenvalue weighted by atomic mass is 10.1. The van der Waals surface area contributed by atoms with Gasteiger partial charge in [0.25, 0.3) is 0 Å². The fourth-order valence-electron chi connectivity index (χ4n) is 1.52. The first-order valence-corrected chi connectivity index (χ1v) is 5.08. The molecule has 2 atom stereocenters. The summed E-state index contributed by atoms with van der Waals surface area (Å²) in [6, 6.07) is 10.0. The molecule has 2 nitrogen and oxygen atoms in total. The lowest BCUT2D eigenvalue weighted by Crippen LogP contribution is -2.19. The van der Waals surface area contributed by atoms with Crippen molar-refractivity contribution in [3.05, 3.63) is 54.3 Å². The summed E-state index contributed by atoms with van der Waals surface area (Å²) in [5, 5.41) is 9.38. The Balaban J connectivity index is 1.97. The third kappa shape index (κ3) is 2.96. The zero-order valence-corrected chi connectivity index (χ0v) is 8.41. The van der Waals surface area contributed by atoms with E-state index in [0.29, 0.717) is 6.42 Å². The summed E-state index contributed by atoms with van der Waals surface area (Å²) >= 11 is 0. The van der Waals surface area contributed by atoms with E-state index >= 15 is 0 Å². The van der Waals surface area contributed by atoms with Crippen molar-refractivity contribution in [2.24, 2.45) is 0 Å². The van der Waals surface area contributed by atoms with Crippen molar-refractivity contribution in [1.82, 2.24) is 0 Å². The van der Waals surface area contributed by atoms with Gasteiger partial charge in [-0.25, -0.2) is 0 Å². The SMILES string of the molecule is OC1C=COC(C=Cc2ccccc2)C1. The maximum atomic E-state index is 9.38. The molecule has 0 spiro atoms. The Bertz CT molecular complexity index is 354. The second-order valence-electron chi connectivity index (χ2n) is 3.58. The summed E-state index contributed by atoms with van der Waals surface area (Å²) in [5.74, 6) is 0. The van der Waals surface area contributed by atoms with E-state index in [0.717, 1.165) is 5.56 Å². The van der Waals surface area contributed by atoms with Gasteiger partial charge in [0.15, 0.2) is 0 Å². The summed E-state index contributed by atoms with van der Waals surface area (Å²) in [6.07, 6.45) is 7.42. The molecular weight excluding hydrogens is 188 g/mol. The number of hydrogen-bond acceptors (Lipinski definition) is 2. The minimum absolute atomic E-state index is 0.0230. The molecule has 1 N–H and O–H groups in total. The van der Waals surface area contributed by atoms with E-state index in [-0.39, 0.29) is 12.2 Å². The summed E-state index contributed by atoms with van der Waals surface area (Å²) in [7, 11) is 0. The summed E-state index contributed by atoms with van der Waals surface area (Å²) in [5.41, 5.74) is 1.14. The third-order valence-corrected chi connectivity index (χ3v) is 2.33. The van der Waals surface area contributed by atoms with Crippen LogP contribution < -0.4 is 0 Å². The van der Waals surface area contributed by atoms with Crippen LogP contribution in [0.4, 0.5) is 0 Å². The quantitative estimate of drug-likeness (QED) is 0.797. The van der Waals surface area contributed by atoms with Crippen molar-refractivity contribution in [3.8, 4) is 0 Å². The Morgan fingerprint density at radius 2 is 2.07 bits per heavy atom. The van der Waals surface area contributed by atoms with E-state index < -0.39 is 0 Å². The van der Waals surface area contributed by atoms with Crippen LogP contribution in [0.2, 0.25) is 0 Å². The lowest BCUT2D eigenvalue weighted by molar-refractivity contribution is 0.0927. The molecule has 0 aliphatic carbocycles. The highest BCUT2D eigenvalue weighted by Gasteiger charge is 2.13. The topological polar surface area (TPSA) is 29.5 Å². The average Bonchev–Trinajstić information content (AvgIpc) is 2.28. The Morgan fingerprint density at radius 1 is 1.27 bits per heavy atom. The molecule has 0 aromatic heterocycles. The number of hydrogen-bond donors (Lipinski definition) is 1. The lowest BCUT2D eigenvalue weighted by Gasteiger charge is -2.19. The number of benzene rings is 1. The minimum Gasteiger partial charge on any atom is -0.494 e. The Kier molecular flexibility index (Phi) is 3.20. The van der Waals surface area contributed by atoms with Crippen LogP contribution in [0.25, 0.3) is 6.08 Å². The van der Waals surface area contributed by atoms with E-state index in [1.165, 1.54) is 0 Å². The van der Waals surface area contributed by atoms with Gasteiger partial charge in [-0.05, 0) is 17.7 Å². The fourth-order valence-corrected chi connectivity index (χ4v) is 1.52. The summed E-state index contributed by atoms with van der Waals surface area (Å²) in [4.78, 5) is 0. The van der Waals surface area contributed by atoms with Crippen molar-refractivity contribution in [3.63, 3.8) is 0 Å². The van der Waals surface area contributed by atoms with Crippen LogP contribution in [-0.2, 0) is 4.74 Å². The maximum absolute atomic E-state index is 9.38. The normalized spacial score (nSPS) is 25.4. The molecule has 1 aromatic carbocycles. The molecule has 2 rings (SSSR count). The van der Waals surface area contributed by atoms with Crippen molar-refractivity contribution >= 4 is 6.08 Å². The Hall–Kier alpha value is -1.54. The van der Waals surface area contributed by atoms with Gasteiger partial charge >= 0.3 is 0 Å². The van der Waals surface area contributed by atoms with E-state index in [2.05, 4.69) is 0 Å². The van der Waals surface area contributed by atoms with Gasteiger partial charge in [0.05, 0.1) is 12.4 Å². The summed E-state index contributed by atoms with van der Waals surface area (Å²) in [6.45, 7) is 0. The minimum atomic E-state index is -0.385. The molecule has 1 aliphatic heterocycles. The molecule has 15 heavy (non-hydrogen) atoms. The van der Waals surface area contributed by atoms with Crippen LogP contribution in [0.5, 0.6) is 0 Å².